The minimum absolute atomic E-state index is 0.0143. The van der Waals surface area contributed by atoms with Gasteiger partial charge in [0.05, 0.1) is 0 Å². The number of halogens is 3. The molecule has 0 saturated carbocycles. The molecule has 6 nitrogen and oxygen atoms in total. The molecule has 10 heteroatoms. The second-order valence-corrected chi connectivity index (χ2v) is 9.99. The van der Waals surface area contributed by atoms with E-state index in [4.69, 9.17) is 4.74 Å². The highest BCUT2D eigenvalue weighted by Crippen LogP contribution is 2.62. The van der Waals surface area contributed by atoms with Gasteiger partial charge in [-0.1, -0.05) is 25.1 Å². The third-order valence-electron chi connectivity index (χ3n) is 6.97. The van der Waals surface area contributed by atoms with Gasteiger partial charge in [0, 0.05) is 22.9 Å². The lowest BCUT2D eigenvalue weighted by atomic mass is 9.53. The number of ether oxygens (including phenoxy) is 1. The van der Waals surface area contributed by atoms with Gasteiger partial charge in [0.2, 0.25) is 0 Å². The lowest BCUT2D eigenvalue weighted by Gasteiger charge is -2.57. The SMILES string of the molecule is CCCN1CC[C@]23c4c5ccc(OS(=O)(=O)C(F)(F)F)c4O[C@H]2[C@@H](O)C=C[C@H]3[C@H]1C5. The van der Waals surface area contributed by atoms with Crippen LogP contribution >= 0.6 is 0 Å². The number of rotatable bonds is 4. The van der Waals surface area contributed by atoms with E-state index < -0.39 is 39.0 Å². The lowest BCUT2D eigenvalue weighted by molar-refractivity contribution is -0.0526. The first kappa shape index (κ1) is 20.1. The van der Waals surface area contributed by atoms with E-state index in [9.17, 15) is 26.7 Å². The van der Waals surface area contributed by atoms with E-state index in [1.807, 2.05) is 6.08 Å². The van der Waals surface area contributed by atoms with Crippen LogP contribution in [-0.4, -0.2) is 55.3 Å². The minimum Gasteiger partial charge on any atom is -0.482 e. The Bertz CT molecular complexity index is 1020. The maximum Gasteiger partial charge on any atom is 0.534 e. The third-order valence-corrected chi connectivity index (χ3v) is 7.93. The average Bonchev–Trinajstić information content (AvgIpc) is 3.01. The predicted molar refractivity (Wildman–Crippen MR) is 101 cm³/mol. The monoisotopic (exact) mass is 445 g/mol. The minimum atomic E-state index is -5.83. The number of alkyl halides is 3. The predicted octanol–water partition coefficient (Wildman–Crippen LogP) is 2.50. The van der Waals surface area contributed by atoms with Crippen molar-refractivity contribution in [3.63, 3.8) is 0 Å². The first-order valence-electron chi connectivity index (χ1n) is 10.0. The smallest absolute Gasteiger partial charge is 0.482 e. The maximum atomic E-state index is 12.9. The molecule has 1 fully saturated rings. The zero-order chi connectivity index (χ0) is 21.5. The fourth-order valence-corrected chi connectivity index (χ4v) is 6.38. The van der Waals surface area contributed by atoms with Gasteiger partial charge in [0.25, 0.3) is 0 Å². The largest absolute Gasteiger partial charge is 0.534 e. The van der Waals surface area contributed by atoms with Crippen molar-refractivity contribution < 1.29 is 35.6 Å². The van der Waals surface area contributed by atoms with Crippen LogP contribution in [0.3, 0.4) is 0 Å². The Morgan fingerprint density at radius 2 is 2.10 bits per heavy atom. The molecule has 1 saturated heterocycles. The van der Waals surface area contributed by atoms with Crippen molar-refractivity contribution in [2.45, 2.75) is 55.4 Å². The van der Waals surface area contributed by atoms with Crippen molar-refractivity contribution in [1.82, 2.24) is 4.90 Å². The molecule has 2 aliphatic carbocycles. The van der Waals surface area contributed by atoms with Crippen LogP contribution in [0.25, 0.3) is 0 Å². The van der Waals surface area contributed by atoms with Gasteiger partial charge in [0.15, 0.2) is 11.5 Å². The molecule has 0 radical (unpaired) electrons. The molecule has 0 unspecified atom stereocenters. The summed E-state index contributed by atoms with van der Waals surface area (Å²) in [5.74, 6) is -0.440. The molecule has 1 spiro atoms. The van der Waals surface area contributed by atoms with Crippen LogP contribution in [0.5, 0.6) is 11.5 Å². The summed E-state index contributed by atoms with van der Waals surface area (Å²) < 4.78 is 72.4. The molecule has 5 rings (SSSR count). The highest BCUT2D eigenvalue weighted by molar-refractivity contribution is 7.88. The summed E-state index contributed by atoms with van der Waals surface area (Å²) in [5.41, 5.74) is -4.54. The van der Waals surface area contributed by atoms with Gasteiger partial charge in [-0.15, -0.1) is 0 Å². The topological polar surface area (TPSA) is 76.1 Å². The lowest BCUT2D eigenvalue weighted by Crippen LogP contribution is -2.65. The quantitative estimate of drug-likeness (QED) is 0.436. The molecule has 1 aromatic carbocycles. The Balaban J connectivity index is 1.66. The molecule has 30 heavy (non-hydrogen) atoms. The molecule has 0 amide bonds. The van der Waals surface area contributed by atoms with Crippen LogP contribution in [0.1, 0.15) is 30.9 Å². The summed E-state index contributed by atoms with van der Waals surface area (Å²) in [7, 11) is -5.83. The molecule has 1 aromatic rings. The zero-order valence-corrected chi connectivity index (χ0v) is 17.0. The third kappa shape index (κ3) is 2.53. The molecular weight excluding hydrogens is 423 g/mol. The molecule has 2 aliphatic heterocycles. The molecular formula is C20H22F3NO5S. The van der Waals surface area contributed by atoms with Crippen LogP contribution in [0.4, 0.5) is 13.2 Å². The number of aliphatic hydroxyl groups excluding tert-OH is 1. The van der Waals surface area contributed by atoms with Crippen molar-refractivity contribution in [2.75, 3.05) is 13.1 Å². The molecule has 164 valence electrons. The van der Waals surface area contributed by atoms with Crippen molar-refractivity contribution >= 4 is 10.1 Å². The van der Waals surface area contributed by atoms with Gasteiger partial charge in [-0.3, -0.25) is 4.90 Å². The maximum absolute atomic E-state index is 12.9. The Kier molecular flexibility index (Phi) is 4.27. The summed E-state index contributed by atoms with van der Waals surface area (Å²) >= 11 is 0. The summed E-state index contributed by atoms with van der Waals surface area (Å²) in [6.07, 6.45) is 4.39. The van der Waals surface area contributed by atoms with Crippen LogP contribution in [0, 0.1) is 5.92 Å². The number of likely N-dealkylation sites (tertiary alicyclic amines) is 1. The Labute approximate surface area is 172 Å². The molecule has 0 aromatic heterocycles. The summed E-state index contributed by atoms with van der Waals surface area (Å²) in [6, 6.07) is 3.06. The van der Waals surface area contributed by atoms with Crippen LogP contribution in [0.2, 0.25) is 0 Å². The molecule has 2 bridgehead atoms. The van der Waals surface area contributed by atoms with Crippen molar-refractivity contribution in [3.8, 4) is 11.5 Å². The fraction of sp³-hybridized carbons (Fsp3) is 0.600. The summed E-state index contributed by atoms with van der Waals surface area (Å²) in [4.78, 5) is 2.43. The van der Waals surface area contributed by atoms with E-state index in [-0.39, 0.29) is 17.7 Å². The van der Waals surface area contributed by atoms with Gasteiger partial charge < -0.3 is 14.0 Å². The molecule has 1 N–H and O–H groups in total. The van der Waals surface area contributed by atoms with E-state index in [2.05, 4.69) is 16.0 Å². The number of hydrogen-bond donors (Lipinski definition) is 1. The first-order chi connectivity index (χ1) is 14.1. The van der Waals surface area contributed by atoms with Gasteiger partial charge in [-0.25, -0.2) is 0 Å². The van der Waals surface area contributed by atoms with Crippen molar-refractivity contribution in [3.05, 3.63) is 35.4 Å². The molecule has 2 heterocycles. The van der Waals surface area contributed by atoms with E-state index in [0.717, 1.165) is 25.1 Å². The Morgan fingerprint density at radius 3 is 2.80 bits per heavy atom. The first-order valence-corrected chi connectivity index (χ1v) is 11.4. The molecule has 4 aliphatic rings. The Morgan fingerprint density at radius 1 is 1.33 bits per heavy atom. The second-order valence-electron chi connectivity index (χ2n) is 8.45. The van der Waals surface area contributed by atoms with Crippen LogP contribution in [0.15, 0.2) is 24.3 Å². The van der Waals surface area contributed by atoms with Gasteiger partial charge in [-0.2, -0.15) is 21.6 Å². The highest BCUT2D eigenvalue weighted by atomic mass is 32.2. The van der Waals surface area contributed by atoms with E-state index in [0.29, 0.717) is 18.4 Å². The van der Waals surface area contributed by atoms with Crippen molar-refractivity contribution in [2.24, 2.45) is 5.92 Å². The second kappa shape index (κ2) is 6.37. The standard InChI is InChI=1S/C20H22F3NO5S/c1-2-8-24-9-7-19-12-4-5-14(25)18(19)28-17-15(29-30(26,27)20(21,22)23)6-3-11(16(17)19)10-13(12)24/h3-6,12-14,18,25H,2,7-10H2,1H3/t12-,13+,14-,18-,19-/m0/s1. The number of aliphatic hydroxyl groups is 1. The highest BCUT2D eigenvalue weighted by Gasteiger charge is 2.64. The number of piperidine rings is 1. The number of benzene rings is 1. The normalized spacial score (nSPS) is 34.4. The van der Waals surface area contributed by atoms with E-state index >= 15 is 0 Å². The Hall–Kier alpha value is -1.78. The van der Waals surface area contributed by atoms with E-state index in [1.54, 1.807) is 12.1 Å². The number of hydrogen-bond acceptors (Lipinski definition) is 6. The van der Waals surface area contributed by atoms with Gasteiger partial charge in [-0.05, 0) is 44.0 Å². The van der Waals surface area contributed by atoms with Crippen LogP contribution in [-0.2, 0) is 22.0 Å². The van der Waals surface area contributed by atoms with Gasteiger partial charge >= 0.3 is 15.6 Å². The number of nitrogens with zero attached hydrogens (tertiary/aromatic N) is 1. The fourth-order valence-electron chi connectivity index (χ4n) is 5.92. The zero-order valence-electron chi connectivity index (χ0n) is 16.2. The molecule has 5 atom stereocenters. The summed E-state index contributed by atoms with van der Waals surface area (Å²) in [6.45, 7) is 3.83. The van der Waals surface area contributed by atoms with Gasteiger partial charge in [0.1, 0.15) is 12.2 Å². The van der Waals surface area contributed by atoms with Crippen molar-refractivity contribution in [1.29, 1.82) is 0 Å². The van der Waals surface area contributed by atoms with Crippen LogP contribution < -0.4 is 8.92 Å². The average molecular weight is 445 g/mol. The van der Waals surface area contributed by atoms with E-state index in [1.165, 1.54) is 6.07 Å². The summed E-state index contributed by atoms with van der Waals surface area (Å²) in [5, 5.41) is 10.6.